The summed E-state index contributed by atoms with van der Waals surface area (Å²) in [5, 5.41) is 16.7. The zero-order valence-corrected chi connectivity index (χ0v) is 20.7. The second-order valence-electron chi connectivity index (χ2n) is 8.73. The lowest BCUT2D eigenvalue weighted by atomic mass is 9.96. The summed E-state index contributed by atoms with van der Waals surface area (Å²) in [6, 6.07) is -4.57. The van der Waals surface area contributed by atoms with E-state index in [9.17, 15) is 29.1 Å². The maximum absolute atomic E-state index is 13.1. The van der Waals surface area contributed by atoms with Crippen LogP contribution in [0.1, 0.15) is 53.4 Å². The fraction of sp³-hybridized carbons (Fsp3) is 0.714. The largest absolute Gasteiger partial charge is 0.480 e. The number of guanidine groups is 1. The molecular formula is C21H40N8O6. The highest BCUT2D eigenvalue weighted by Gasteiger charge is 2.33. The van der Waals surface area contributed by atoms with Gasteiger partial charge in [0, 0.05) is 6.54 Å². The minimum atomic E-state index is -1.54. The maximum Gasteiger partial charge on any atom is 0.326 e. The van der Waals surface area contributed by atoms with Gasteiger partial charge in [0.05, 0.1) is 12.5 Å². The van der Waals surface area contributed by atoms with Crippen LogP contribution in [-0.4, -0.2) is 71.4 Å². The average molecular weight is 501 g/mol. The van der Waals surface area contributed by atoms with E-state index >= 15 is 0 Å². The molecule has 0 fully saturated rings. The zero-order chi connectivity index (χ0) is 27.3. The molecule has 0 aliphatic rings. The number of primary amides is 1. The molecule has 200 valence electrons. The quantitative estimate of drug-likeness (QED) is 0.0631. The Balaban J connectivity index is 5.38. The van der Waals surface area contributed by atoms with Gasteiger partial charge in [-0.25, -0.2) is 4.79 Å². The molecule has 0 aromatic rings. The molecule has 0 aromatic heterocycles. The van der Waals surface area contributed by atoms with Crippen molar-refractivity contribution in [3.63, 3.8) is 0 Å². The van der Waals surface area contributed by atoms with E-state index in [1.807, 2.05) is 6.92 Å². The van der Waals surface area contributed by atoms with Crippen LogP contribution in [-0.2, 0) is 24.0 Å². The minimum Gasteiger partial charge on any atom is -0.480 e. The van der Waals surface area contributed by atoms with E-state index in [0.29, 0.717) is 19.4 Å². The third-order valence-corrected chi connectivity index (χ3v) is 5.36. The van der Waals surface area contributed by atoms with Crippen LogP contribution in [0, 0.1) is 11.8 Å². The smallest absolute Gasteiger partial charge is 0.326 e. The summed E-state index contributed by atoms with van der Waals surface area (Å²) in [6.45, 7) is 7.19. The fourth-order valence-electron chi connectivity index (χ4n) is 3.05. The number of rotatable bonds is 16. The lowest BCUT2D eigenvalue weighted by molar-refractivity contribution is -0.144. The number of amides is 4. The van der Waals surface area contributed by atoms with Gasteiger partial charge in [0.25, 0.3) is 0 Å². The van der Waals surface area contributed by atoms with Crippen LogP contribution in [0.5, 0.6) is 0 Å². The number of nitrogens with one attached hydrogen (secondary N) is 3. The van der Waals surface area contributed by atoms with E-state index in [1.54, 1.807) is 20.8 Å². The van der Waals surface area contributed by atoms with Gasteiger partial charge in [-0.1, -0.05) is 34.1 Å². The van der Waals surface area contributed by atoms with Crippen LogP contribution in [0.3, 0.4) is 0 Å². The van der Waals surface area contributed by atoms with Crippen LogP contribution in [0.2, 0.25) is 0 Å². The van der Waals surface area contributed by atoms with E-state index < -0.39 is 66.1 Å². The first kappa shape index (κ1) is 31.6. The summed E-state index contributed by atoms with van der Waals surface area (Å²) in [5.41, 5.74) is 21.5. The number of carbonyl (C=O) groups is 5. The van der Waals surface area contributed by atoms with E-state index in [2.05, 4.69) is 20.9 Å². The van der Waals surface area contributed by atoms with Crippen molar-refractivity contribution >= 4 is 35.6 Å². The molecular weight excluding hydrogens is 460 g/mol. The van der Waals surface area contributed by atoms with Crippen LogP contribution in [0.25, 0.3) is 0 Å². The lowest BCUT2D eigenvalue weighted by Crippen LogP contribution is -2.60. The Morgan fingerprint density at radius 2 is 1.43 bits per heavy atom. The van der Waals surface area contributed by atoms with Gasteiger partial charge in [-0.3, -0.25) is 24.2 Å². The molecule has 0 heterocycles. The van der Waals surface area contributed by atoms with Crippen LogP contribution in [0.15, 0.2) is 4.99 Å². The van der Waals surface area contributed by atoms with Crippen molar-refractivity contribution < 1.29 is 29.1 Å². The number of carboxylic acids is 1. The van der Waals surface area contributed by atoms with Gasteiger partial charge in [-0.15, -0.1) is 0 Å². The lowest BCUT2D eigenvalue weighted by Gasteiger charge is -2.29. The summed E-state index contributed by atoms with van der Waals surface area (Å²) >= 11 is 0. The predicted molar refractivity (Wildman–Crippen MR) is 129 cm³/mol. The Hall–Kier alpha value is -3.42. The van der Waals surface area contributed by atoms with Gasteiger partial charge in [-0.05, 0) is 24.7 Å². The third-order valence-electron chi connectivity index (χ3n) is 5.36. The van der Waals surface area contributed by atoms with Crippen molar-refractivity contribution in [1.82, 2.24) is 16.0 Å². The van der Waals surface area contributed by atoms with Crippen molar-refractivity contribution in [1.29, 1.82) is 0 Å². The first-order chi connectivity index (χ1) is 16.2. The molecule has 0 radical (unpaired) electrons. The molecule has 35 heavy (non-hydrogen) atoms. The van der Waals surface area contributed by atoms with Gasteiger partial charge in [-0.2, -0.15) is 0 Å². The molecule has 0 aliphatic carbocycles. The number of aliphatic carboxylic acids is 1. The highest BCUT2D eigenvalue weighted by molar-refractivity contribution is 5.95. The van der Waals surface area contributed by atoms with Crippen LogP contribution < -0.4 is 38.9 Å². The van der Waals surface area contributed by atoms with Crippen molar-refractivity contribution in [3.05, 3.63) is 0 Å². The minimum absolute atomic E-state index is 0.0652. The highest BCUT2D eigenvalue weighted by atomic mass is 16.4. The van der Waals surface area contributed by atoms with Crippen molar-refractivity contribution in [3.8, 4) is 0 Å². The first-order valence-corrected chi connectivity index (χ1v) is 11.4. The van der Waals surface area contributed by atoms with Gasteiger partial charge < -0.3 is 44.0 Å². The monoisotopic (exact) mass is 500 g/mol. The molecule has 0 spiro atoms. The standard InChI is InChI=1S/C21H40N8O6/c1-5-11(4)16(29-17(31)12(22)7-6-8-26-21(24)25)19(33)28-15(10(2)3)18(32)27-13(20(34)35)9-14(23)30/h10-13,15-16H,5-9,22H2,1-4H3,(H2,23,30)(H,27,32)(H,28,33)(H,29,31)(H,34,35)(H4,24,25,26). The Labute approximate surface area is 205 Å². The van der Waals surface area contributed by atoms with E-state index in [0.717, 1.165) is 0 Å². The van der Waals surface area contributed by atoms with E-state index in [-0.39, 0.29) is 18.3 Å². The number of nitrogens with zero attached hydrogens (tertiary/aromatic N) is 1. The molecule has 12 N–H and O–H groups in total. The van der Waals surface area contributed by atoms with Crippen LogP contribution in [0.4, 0.5) is 0 Å². The molecule has 14 nitrogen and oxygen atoms in total. The van der Waals surface area contributed by atoms with E-state index in [4.69, 9.17) is 22.9 Å². The highest BCUT2D eigenvalue weighted by Crippen LogP contribution is 2.11. The molecule has 0 saturated carbocycles. The Bertz CT molecular complexity index is 784. The van der Waals surface area contributed by atoms with Gasteiger partial charge in [0.1, 0.15) is 18.1 Å². The van der Waals surface area contributed by atoms with Crippen molar-refractivity contribution in [2.24, 2.45) is 39.8 Å². The Morgan fingerprint density at radius 3 is 1.89 bits per heavy atom. The normalized spacial score (nSPS) is 15.1. The van der Waals surface area contributed by atoms with Crippen molar-refractivity contribution in [2.75, 3.05) is 6.54 Å². The second kappa shape index (κ2) is 15.5. The van der Waals surface area contributed by atoms with Crippen molar-refractivity contribution in [2.45, 2.75) is 77.5 Å². The Kier molecular flexibility index (Phi) is 14.0. The number of aliphatic imine (C=N–C) groups is 1. The molecule has 5 atom stereocenters. The topological polar surface area (TPSA) is 258 Å². The summed E-state index contributed by atoms with van der Waals surface area (Å²) in [4.78, 5) is 64.7. The molecule has 0 aromatic carbocycles. The van der Waals surface area contributed by atoms with E-state index in [1.165, 1.54) is 0 Å². The number of carbonyl (C=O) groups excluding carboxylic acids is 4. The molecule has 0 bridgehead atoms. The first-order valence-electron chi connectivity index (χ1n) is 11.4. The zero-order valence-electron chi connectivity index (χ0n) is 20.7. The summed E-state index contributed by atoms with van der Waals surface area (Å²) in [6.07, 6.45) is 0.673. The third kappa shape index (κ3) is 12.0. The summed E-state index contributed by atoms with van der Waals surface area (Å²) in [5.74, 6) is -5.12. The predicted octanol–water partition coefficient (Wildman–Crippen LogP) is -2.52. The SMILES string of the molecule is CCC(C)C(NC(=O)C(N)CCCN=C(N)N)C(=O)NC(C(=O)NC(CC(N)=O)C(=O)O)C(C)C. The van der Waals surface area contributed by atoms with Gasteiger partial charge in [0.2, 0.25) is 23.6 Å². The number of carboxylic acid groups (broad SMARTS) is 1. The molecule has 0 aliphatic heterocycles. The number of hydrogen-bond acceptors (Lipinski definition) is 7. The Morgan fingerprint density at radius 1 is 0.886 bits per heavy atom. The number of nitrogens with two attached hydrogens (primary N) is 4. The maximum atomic E-state index is 13.1. The van der Waals surface area contributed by atoms with Gasteiger partial charge >= 0.3 is 5.97 Å². The average Bonchev–Trinajstić information content (AvgIpc) is 2.76. The molecule has 0 rings (SSSR count). The molecule has 0 saturated heterocycles. The summed E-state index contributed by atoms with van der Waals surface area (Å²) in [7, 11) is 0. The van der Waals surface area contributed by atoms with Crippen LogP contribution >= 0.6 is 0 Å². The number of hydrogen-bond donors (Lipinski definition) is 8. The second-order valence-corrected chi connectivity index (χ2v) is 8.73. The summed E-state index contributed by atoms with van der Waals surface area (Å²) < 4.78 is 0. The van der Waals surface area contributed by atoms with Gasteiger partial charge in [0.15, 0.2) is 5.96 Å². The molecule has 5 unspecified atom stereocenters. The molecule has 4 amide bonds. The fourth-order valence-corrected chi connectivity index (χ4v) is 3.05. The molecule has 14 heteroatoms.